The van der Waals surface area contributed by atoms with E-state index in [0.29, 0.717) is 22.6 Å². The Morgan fingerprint density at radius 2 is 1.93 bits per heavy atom. The minimum atomic E-state index is -0.647. The first-order valence-corrected chi connectivity index (χ1v) is 9.48. The smallest absolute Gasteiger partial charge is 0.407 e. The number of ether oxygens (including phenoxy) is 1. The first-order valence-electron chi connectivity index (χ1n) is 9.10. The SMILES string of the molecule is CC(C)(C)OC(=O)NC[C@@H](Cc1cccc(F)c1)NC(=O)c1ccc(Cl)c(N)c1. The molecule has 0 aromatic heterocycles. The van der Waals surface area contributed by atoms with Crippen LogP contribution in [0.3, 0.4) is 0 Å². The maximum Gasteiger partial charge on any atom is 0.407 e. The molecule has 2 amide bonds. The first-order chi connectivity index (χ1) is 13.5. The number of hydrogen-bond acceptors (Lipinski definition) is 4. The molecule has 2 rings (SSSR count). The third-order valence-electron chi connectivity index (χ3n) is 3.86. The predicted octanol–water partition coefficient (Wildman–Crippen LogP) is 3.93. The van der Waals surface area contributed by atoms with Gasteiger partial charge in [0, 0.05) is 12.1 Å². The van der Waals surface area contributed by atoms with Gasteiger partial charge in [0.25, 0.3) is 5.91 Å². The Morgan fingerprint density at radius 3 is 2.55 bits per heavy atom. The number of rotatable bonds is 6. The van der Waals surface area contributed by atoms with Gasteiger partial charge in [0.1, 0.15) is 11.4 Å². The number of nitrogens with one attached hydrogen (secondary N) is 2. The number of nitrogens with two attached hydrogens (primary N) is 1. The van der Waals surface area contributed by atoms with Gasteiger partial charge < -0.3 is 21.1 Å². The van der Waals surface area contributed by atoms with Crippen molar-refractivity contribution in [3.05, 3.63) is 64.4 Å². The molecule has 0 heterocycles. The molecule has 1 atom stereocenters. The van der Waals surface area contributed by atoms with E-state index in [0.717, 1.165) is 0 Å². The van der Waals surface area contributed by atoms with Gasteiger partial charge >= 0.3 is 6.09 Å². The minimum Gasteiger partial charge on any atom is -0.444 e. The number of nitrogen functional groups attached to an aromatic ring is 1. The second-order valence-electron chi connectivity index (χ2n) is 7.62. The molecule has 0 saturated carbocycles. The van der Waals surface area contributed by atoms with Crippen molar-refractivity contribution in [3.8, 4) is 0 Å². The molecule has 0 fully saturated rings. The highest BCUT2D eigenvalue weighted by atomic mass is 35.5. The Labute approximate surface area is 174 Å². The third kappa shape index (κ3) is 7.62. The van der Waals surface area contributed by atoms with Gasteiger partial charge in [0.2, 0.25) is 0 Å². The molecular weight excluding hydrogens is 397 g/mol. The van der Waals surface area contributed by atoms with E-state index in [9.17, 15) is 14.0 Å². The average molecular weight is 422 g/mol. The Hall–Kier alpha value is -2.80. The predicted molar refractivity (Wildman–Crippen MR) is 111 cm³/mol. The van der Waals surface area contributed by atoms with Crippen molar-refractivity contribution in [3.63, 3.8) is 0 Å². The summed E-state index contributed by atoms with van der Waals surface area (Å²) >= 11 is 5.90. The number of benzene rings is 2. The van der Waals surface area contributed by atoms with Crippen LogP contribution in [-0.4, -0.2) is 30.2 Å². The van der Waals surface area contributed by atoms with Gasteiger partial charge in [-0.3, -0.25) is 4.79 Å². The zero-order valence-electron chi connectivity index (χ0n) is 16.6. The van der Waals surface area contributed by atoms with Crippen molar-refractivity contribution >= 4 is 29.3 Å². The molecule has 2 aromatic carbocycles. The summed E-state index contributed by atoms with van der Waals surface area (Å²) in [6.45, 7) is 5.36. The molecule has 0 unspecified atom stereocenters. The number of carbonyl (C=O) groups is 2. The highest BCUT2D eigenvalue weighted by Crippen LogP contribution is 2.19. The van der Waals surface area contributed by atoms with Crippen LogP contribution >= 0.6 is 11.6 Å². The van der Waals surface area contributed by atoms with Crippen molar-refractivity contribution < 1.29 is 18.7 Å². The van der Waals surface area contributed by atoms with E-state index in [1.807, 2.05) is 0 Å². The fraction of sp³-hybridized carbons (Fsp3) is 0.333. The molecule has 29 heavy (non-hydrogen) atoms. The summed E-state index contributed by atoms with van der Waals surface area (Å²) in [6, 6.07) is 10.1. The van der Waals surface area contributed by atoms with Crippen LogP contribution in [-0.2, 0) is 11.2 Å². The summed E-state index contributed by atoms with van der Waals surface area (Å²) < 4.78 is 18.7. The molecule has 156 valence electrons. The van der Waals surface area contributed by atoms with E-state index in [1.165, 1.54) is 24.3 Å². The van der Waals surface area contributed by atoms with E-state index in [1.54, 1.807) is 39.0 Å². The van der Waals surface area contributed by atoms with Gasteiger partial charge in [-0.25, -0.2) is 9.18 Å². The number of amides is 2. The quantitative estimate of drug-likeness (QED) is 0.616. The van der Waals surface area contributed by atoms with E-state index in [-0.39, 0.29) is 24.0 Å². The largest absolute Gasteiger partial charge is 0.444 e. The highest BCUT2D eigenvalue weighted by Gasteiger charge is 2.20. The molecule has 6 nitrogen and oxygen atoms in total. The fourth-order valence-electron chi connectivity index (χ4n) is 2.60. The summed E-state index contributed by atoms with van der Waals surface area (Å²) in [4.78, 5) is 24.6. The molecule has 2 aromatic rings. The van der Waals surface area contributed by atoms with Crippen LogP contribution in [0.1, 0.15) is 36.7 Å². The molecule has 0 aliphatic heterocycles. The van der Waals surface area contributed by atoms with E-state index in [4.69, 9.17) is 22.1 Å². The van der Waals surface area contributed by atoms with Crippen molar-refractivity contribution in [2.45, 2.75) is 38.8 Å². The molecular formula is C21H25ClFN3O3. The summed E-state index contributed by atoms with van der Waals surface area (Å²) in [7, 11) is 0. The fourth-order valence-corrected chi connectivity index (χ4v) is 2.71. The molecule has 0 radical (unpaired) electrons. The van der Waals surface area contributed by atoms with Gasteiger partial charge in [0.05, 0.1) is 16.8 Å². The van der Waals surface area contributed by atoms with Crippen LogP contribution in [0.15, 0.2) is 42.5 Å². The van der Waals surface area contributed by atoms with Crippen molar-refractivity contribution in [2.24, 2.45) is 0 Å². The van der Waals surface area contributed by atoms with Crippen molar-refractivity contribution in [1.82, 2.24) is 10.6 Å². The normalized spacial score (nSPS) is 12.2. The molecule has 0 saturated heterocycles. The van der Waals surface area contributed by atoms with Crippen LogP contribution in [0, 0.1) is 5.82 Å². The van der Waals surface area contributed by atoms with Gasteiger partial charge in [-0.2, -0.15) is 0 Å². The molecule has 0 aliphatic rings. The van der Waals surface area contributed by atoms with Crippen molar-refractivity contribution in [2.75, 3.05) is 12.3 Å². The number of hydrogen-bond donors (Lipinski definition) is 3. The molecule has 0 spiro atoms. The van der Waals surface area contributed by atoms with Crippen LogP contribution in [0.4, 0.5) is 14.9 Å². The number of halogens is 2. The molecule has 4 N–H and O–H groups in total. The lowest BCUT2D eigenvalue weighted by molar-refractivity contribution is 0.0519. The van der Waals surface area contributed by atoms with E-state index >= 15 is 0 Å². The summed E-state index contributed by atoms with van der Waals surface area (Å²) in [5.41, 5.74) is 6.40. The topological polar surface area (TPSA) is 93.5 Å². The third-order valence-corrected chi connectivity index (χ3v) is 4.20. The maximum atomic E-state index is 13.5. The van der Waals surface area contributed by atoms with Crippen LogP contribution in [0.5, 0.6) is 0 Å². The van der Waals surface area contributed by atoms with Crippen LogP contribution in [0.25, 0.3) is 0 Å². The summed E-state index contributed by atoms with van der Waals surface area (Å²) in [5, 5.41) is 5.82. The Bertz CT molecular complexity index is 884. The molecule has 8 heteroatoms. The van der Waals surface area contributed by atoms with Crippen molar-refractivity contribution in [1.29, 1.82) is 0 Å². The van der Waals surface area contributed by atoms with E-state index < -0.39 is 17.7 Å². The lowest BCUT2D eigenvalue weighted by Gasteiger charge is -2.23. The summed E-state index contributed by atoms with van der Waals surface area (Å²) in [6.07, 6.45) is -0.297. The molecule has 0 bridgehead atoms. The zero-order valence-corrected chi connectivity index (χ0v) is 17.3. The number of alkyl carbamates (subject to hydrolysis) is 1. The first kappa shape index (κ1) is 22.5. The Balaban J connectivity index is 2.11. The van der Waals surface area contributed by atoms with Gasteiger partial charge in [-0.05, 0) is 63.1 Å². The highest BCUT2D eigenvalue weighted by molar-refractivity contribution is 6.33. The van der Waals surface area contributed by atoms with Crippen LogP contribution in [0.2, 0.25) is 5.02 Å². The second kappa shape index (κ2) is 9.60. The monoisotopic (exact) mass is 421 g/mol. The summed E-state index contributed by atoms with van der Waals surface area (Å²) in [5.74, 6) is -0.765. The Kier molecular flexibility index (Phi) is 7.45. The Morgan fingerprint density at radius 1 is 1.21 bits per heavy atom. The maximum absolute atomic E-state index is 13.5. The van der Waals surface area contributed by atoms with E-state index in [2.05, 4.69) is 10.6 Å². The van der Waals surface area contributed by atoms with Crippen LogP contribution < -0.4 is 16.4 Å². The van der Waals surface area contributed by atoms with Gasteiger partial charge in [-0.15, -0.1) is 0 Å². The lowest BCUT2D eigenvalue weighted by atomic mass is 10.0. The second-order valence-corrected chi connectivity index (χ2v) is 8.03. The number of anilines is 1. The molecule has 0 aliphatic carbocycles. The number of carbonyl (C=O) groups excluding carboxylic acids is 2. The average Bonchev–Trinajstić information content (AvgIpc) is 2.60. The zero-order chi connectivity index (χ0) is 21.6. The minimum absolute atomic E-state index is 0.0975. The van der Waals surface area contributed by atoms with Gasteiger partial charge in [0.15, 0.2) is 0 Å². The standard InChI is InChI=1S/C21H25ClFN3O3/c1-21(2,3)29-20(28)25-12-16(10-13-5-4-6-15(23)9-13)26-19(27)14-7-8-17(22)18(24)11-14/h4-9,11,16H,10,12,24H2,1-3H3,(H,25,28)(H,26,27)/t16-/m1/s1. The van der Waals surface area contributed by atoms with Gasteiger partial charge in [-0.1, -0.05) is 23.7 Å². The lowest BCUT2D eigenvalue weighted by Crippen LogP contribution is -2.46.